The van der Waals surface area contributed by atoms with Crippen LogP contribution in [-0.4, -0.2) is 39.0 Å². The van der Waals surface area contributed by atoms with Gasteiger partial charge in [0.15, 0.2) is 11.0 Å². The number of anilines is 1. The van der Waals surface area contributed by atoms with Gasteiger partial charge in [0, 0.05) is 23.0 Å². The predicted octanol–water partition coefficient (Wildman–Crippen LogP) is 6.34. The fourth-order valence-electron chi connectivity index (χ4n) is 3.31. The van der Waals surface area contributed by atoms with E-state index in [1.165, 1.54) is 23.1 Å². The predicted molar refractivity (Wildman–Crippen MR) is 147 cm³/mol. The second-order valence-electron chi connectivity index (χ2n) is 7.60. The number of nitrogens with zero attached hydrogens (tertiary/aromatic N) is 3. The summed E-state index contributed by atoms with van der Waals surface area (Å²) in [6.07, 6.45) is 0. The first kappa shape index (κ1) is 27.0. The van der Waals surface area contributed by atoms with E-state index >= 15 is 0 Å². The van der Waals surface area contributed by atoms with Crippen molar-refractivity contribution < 1.29 is 19.1 Å². The molecule has 1 N–H and O–H groups in total. The number of ether oxygens (including phenoxy) is 2. The van der Waals surface area contributed by atoms with Gasteiger partial charge in [0.2, 0.25) is 5.91 Å². The van der Waals surface area contributed by atoms with Gasteiger partial charge in [-0.1, -0.05) is 65.3 Å². The van der Waals surface area contributed by atoms with E-state index in [0.29, 0.717) is 42.9 Å². The Balaban J connectivity index is 1.40. The Morgan fingerprint density at radius 1 is 1.14 bits per heavy atom. The van der Waals surface area contributed by atoms with Gasteiger partial charge in [0.25, 0.3) is 0 Å². The fourth-order valence-corrected chi connectivity index (χ4v) is 5.48. The number of rotatable bonds is 10. The average Bonchev–Trinajstić information content (AvgIpc) is 3.46. The molecule has 0 saturated heterocycles. The molecule has 0 aliphatic carbocycles. The molecular formula is C25H22Cl2N4O4S2. The SMILES string of the molecule is CCOC(=O)c1c(-c2ccccc2)csc1NC(=O)CSc1nnc(COc2ccc(Cl)cc2Cl)n1C. The summed E-state index contributed by atoms with van der Waals surface area (Å²) < 4.78 is 12.7. The molecule has 0 spiro atoms. The number of carbonyl (C=O) groups excluding carboxylic acids is 2. The minimum atomic E-state index is -0.482. The van der Waals surface area contributed by atoms with Crippen LogP contribution in [0.1, 0.15) is 23.1 Å². The molecule has 0 radical (unpaired) electrons. The van der Waals surface area contributed by atoms with Crippen molar-refractivity contribution in [2.45, 2.75) is 18.7 Å². The first-order chi connectivity index (χ1) is 17.9. The number of aromatic nitrogens is 3. The number of thioether (sulfide) groups is 1. The van der Waals surface area contributed by atoms with Crippen molar-refractivity contribution in [3.8, 4) is 16.9 Å². The molecule has 2 heterocycles. The number of carbonyl (C=O) groups is 2. The third-order valence-electron chi connectivity index (χ3n) is 5.12. The number of halogens is 2. The zero-order valence-corrected chi connectivity index (χ0v) is 23.0. The Labute approximate surface area is 231 Å². The van der Waals surface area contributed by atoms with E-state index < -0.39 is 5.97 Å². The smallest absolute Gasteiger partial charge is 0.341 e. The van der Waals surface area contributed by atoms with E-state index in [1.807, 2.05) is 35.7 Å². The highest BCUT2D eigenvalue weighted by Crippen LogP contribution is 2.36. The maximum Gasteiger partial charge on any atom is 0.341 e. The van der Waals surface area contributed by atoms with Gasteiger partial charge in [-0.25, -0.2) is 4.79 Å². The highest BCUT2D eigenvalue weighted by atomic mass is 35.5. The highest BCUT2D eigenvalue weighted by Gasteiger charge is 2.23. The second-order valence-corrected chi connectivity index (χ2v) is 10.3. The lowest BCUT2D eigenvalue weighted by Crippen LogP contribution is -2.16. The van der Waals surface area contributed by atoms with Crippen LogP contribution >= 0.6 is 46.3 Å². The topological polar surface area (TPSA) is 95.3 Å². The Bertz CT molecular complexity index is 1410. The highest BCUT2D eigenvalue weighted by molar-refractivity contribution is 7.99. The third kappa shape index (κ3) is 6.64. The molecule has 0 bridgehead atoms. The fraction of sp³-hybridized carbons (Fsp3) is 0.200. The number of amides is 1. The van der Waals surface area contributed by atoms with Crippen molar-refractivity contribution >= 4 is 63.2 Å². The zero-order chi connectivity index (χ0) is 26.4. The summed E-state index contributed by atoms with van der Waals surface area (Å²) in [6, 6.07) is 14.4. The summed E-state index contributed by atoms with van der Waals surface area (Å²) in [7, 11) is 1.78. The van der Waals surface area contributed by atoms with Gasteiger partial charge in [-0.3, -0.25) is 4.79 Å². The standard InChI is InChI=1S/C25H22Cl2N4O4S2/c1-3-34-24(33)22-17(15-7-5-4-6-8-15)13-36-23(22)28-21(32)14-37-25-30-29-20(31(25)2)12-35-19-10-9-16(26)11-18(19)27/h4-11,13H,3,12,14H2,1-2H3,(H,28,32). The van der Waals surface area contributed by atoms with Crippen LogP contribution in [0.3, 0.4) is 0 Å². The molecule has 192 valence electrons. The van der Waals surface area contributed by atoms with Crippen LogP contribution in [0.5, 0.6) is 5.75 Å². The van der Waals surface area contributed by atoms with E-state index in [-0.39, 0.29) is 24.9 Å². The molecule has 0 aliphatic rings. The van der Waals surface area contributed by atoms with E-state index in [4.69, 9.17) is 32.7 Å². The number of nitrogens with one attached hydrogen (secondary N) is 1. The zero-order valence-electron chi connectivity index (χ0n) is 19.9. The Morgan fingerprint density at radius 2 is 1.92 bits per heavy atom. The molecule has 0 atom stereocenters. The van der Waals surface area contributed by atoms with Crippen LogP contribution in [0.25, 0.3) is 11.1 Å². The second kappa shape index (κ2) is 12.5. The molecule has 0 aliphatic heterocycles. The van der Waals surface area contributed by atoms with Crippen molar-refractivity contribution in [2.75, 3.05) is 17.7 Å². The van der Waals surface area contributed by atoms with Crippen molar-refractivity contribution in [2.24, 2.45) is 7.05 Å². The van der Waals surface area contributed by atoms with Gasteiger partial charge in [0.05, 0.1) is 17.4 Å². The Hall–Kier alpha value is -3.05. The maximum absolute atomic E-state index is 12.8. The lowest BCUT2D eigenvalue weighted by atomic mass is 10.0. The number of benzene rings is 2. The lowest BCUT2D eigenvalue weighted by Gasteiger charge is -2.09. The summed E-state index contributed by atoms with van der Waals surface area (Å²) in [6.45, 7) is 2.11. The molecular weight excluding hydrogens is 555 g/mol. The van der Waals surface area contributed by atoms with Gasteiger partial charge in [-0.05, 0) is 30.7 Å². The number of esters is 1. The molecule has 37 heavy (non-hydrogen) atoms. The molecule has 2 aromatic heterocycles. The van der Waals surface area contributed by atoms with E-state index in [1.54, 1.807) is 36.7 Å². The van der Waals surface area contributed by atoms with Crippen molar-refractivity contribution in [3.05, 3.63) is 75.3 Å². The molecule has 4 rings (SSSR count). The van der Waals surface area contributed by atoms with Crippen LogP contribution in [-0.2, 0) is 23.2 Å². The molecule has 1 amide bonds. The first-order valence-electron chi connectivity index (χ1n) is 11.1. The third-order valence-corrected chi connectivity index (χ3v) is 7.56. The summed E-state index contributed by atoms with van der Waals surface area (Å²) in [5.74, 6) is 0.335. The van der Waals surface area contributed by atoms with Gasteiger partial charge in [-0.15, -0.1) is 21.5 Å². The lowest BCUT2D eigenvalue weighted by molar-refractivity contribution is -0.113. The minimum Gasteiger partial charge on any atom is -0.484 e. The van der Waals surface area contributed by atoms with Crippen LogP contribution in [0, 0.1) is 0 Å². The molecule has 2 aromatic carbocycles. The monoisotopic (exact) mass is 576 g/mol. The number of hydrogen-bond donors (Lipinski definition) is 1. The van der Waals surface area contributed by atoms with Gasteiger partial charge >= 0.3 is 5.97 Å². The molecule has 0 fully saturated rings. The van der Waals surface area contributed by atoms with Crippen LogP contribution in [0.2, 0.25) is 10.0 Å². The minimum absolute atomic E-state index is 0.0661. The molecule has 4 aromatic rings. The quantitative estimate of drug-likeness (QED) is 0.174. The van der Waals surface area contributed by atoms with Crippen LogP contribution < -0.4 is 10.1 Å². The normalized spacial score (nSPS) is 10.8. The van der Waals surface area contributed by atoms with Crippen LogP contribution in [0.15, 0.2) is 59.1 Å². The number of thiophene rings is 1. The largest absolute Gasteiger partial charge is 0.484 e. The molecule has 12 heteroatoms. The summed E-state index contributed by atoms with van der Waals surface area (Å²) in [4.78, 5) is 25.5. The van der Waals surface area contributed by atoms with Crippen molar-refractivity contribution in [3.63, 3.8) is 0 Å². The van der Waals surface area contributed by atoms with Crippen molar-refractivity contribution in [1.82, 2.24) is 14.8 Å². The van der Waals surface area contributed by atoms with Crippen LogP contribution in [0.4, 0.5) is 5.00 Å². The maximum atomic E-state index is 12.8. The van der Waals surface area contributed by atoms with Crippen molar-refractivity contribution in [1.29, 1.82) is 0 Å². The molecule has 8 nitrogen and oxygen atoms in total. The first-order valence-corrected chi connectivity index (χ1v) is 13.7. The van der Waals surface area contributed by atoms with Gasteiger partial charge in [-0.2, -0.15) is 0 Å². The molecule has 0 unspecified atom stereocenters. The summed E-state index contributed by atoms with van der Waals surface area (Å²) in [5, 5.41) is 14.9. The summed E-state index contributed by atoms with van der Waals surface area (Å²) >= 11 is 14.6. The Kier molecular flexibility index (Phi) is 9.09. The number of hydrogen-bond acceptors (Lipinski definition) is 8. The summed E-state index contributed by atoms with van der Waals surface area (Å²) in [5.41, 5.74) is 1.92. The van der Waals surface area contributed by atoms with Gasteiger partial charge < -0.3 is 19.4 Å². The van der Waals surface area contributed by atoms with E-state index in [2.05, 4.69) is 15.5 Å². The van der Waals surface area contributed by atoms with E-state index in [0.717, 1.165) is 5.56 Å². The van der Waals surface area contributed by atoms with Gasteiger partial charge in [0.1, 0.15) is 22.9 Å². The van der Waals surface area contributed by atoms with E-state index in [9.17, 15) is 9.59 Å². The average molecular weight is 578 g/mol. The molecule has 0 saturated carbocycles. The Morgan fingerprint density at radius 3 is 2.65 bits per heavy atom.